The molecule has 0 aliphatic heterocycles. The van der Waals surface area contributed by atoms with Crippen LogP contribution in [0, 0.1) is 0 Å². The largest absolute Gasteiger partial charge is 0.389 e. The smallest absolute Gasteiger partial charge is 0.116 e. The first kappa shape index (κ1) is 11.6. The Morgan fingerprint density at radius 2 is 2.21 bits per heavy atom. The Morgan fingerprint density at radius 3 is 2.57 bits per heavy atom. The third-order valence-electron chi connectivity index (χ3n) is 1.93. The van der Waals surface area contributed by atoms with Gasteiger partial charge in [0.05, 0.1) is 15.6 Å². The topological polar surface area (TPSA) is 38.9 Å². The molecule has 1 rings (SSSR count). The Hall–Kier alpha value is -0.480. The third-order valence-corrected chi connectivity index (χ3v) is 3.43. The van der Waals surface area contributed by atoms with Gasteiger partial charge in [-0.2, -0.15) is 0 Å². The Bertz CT molecular complexity index is 329. The summed E-state index contributed by atoms with van der Waals surface area (Å²) in [5.74, 6) is 0.397. The average Bonchev–Trinajstić information content (AvgIpc) is 2.49. The van der Waals surface area contributed by atoms with Gasteiger partial charge in [0, 0.05) is 0 Å². The quantitative estimate of drug-likeness (QED) is 0.805. The van der Waals surface area contributed by atoms with Gasteiger partial charge in [-0.05, 0) is 18.8 Å². The molecule has 0 amide bonds. The highest BCUT2D eigenvalue weighted by atomic mass is 32.1. The molecule has 1 aromatic heterocycles. The van der Waals surface area contributed by atoms with Crippen molar-refractivity contribution >= 4 is 28.5 Å². The fourth-order valence-electron chi connectivity index (χ4n) is 1.27. The van der Waals surface area contributed by atoms with Crippen LogP contribution in [0.1, 0.15) is 48.7 Å². The lowest BCUT2D eigenvalue weighted by molar-refractivity contribution is 0.811. The first-order valence-electron chi connectivity index (χ1n) is 4.85. The molecule has 0 unspecified atom stereocenters. The van der Waals surface area contributed by atoms with Gasteiger partial charge in [0.1, 0.15) is 4.99 Å². The standard InChI is InChI=1S/C10H16N2S2/c1-4-5-7-12-8(6(2)3)9(14-7)10(11)13/h6H,4-5H2,1-3H3,(H2,11,13). The monoisotopic (exact) mass is 228 g/mol. The van der Waals surface area contributed by atoms with Crippen molar-refractivity contribution < 1.29 is 0 Å². The molecule has 1 heterocycles. The molecular formula is C10H16N2S2. The van der Waals surface area contributed by atoms with E-state index in [1.54, 1.807) is 11.3 Å². The van der Waals surface area contributed by atoms with Crippen LogP contribution in [0.3, 0.4) is 0 Å². The number of hydrogen-bond acceptors (Lipinski definition) is 3. The fraction of sp³-hybridized carbons (Fsp3) is 0.600. The molecule has 0 radical (unpaired) electrons. The van der Waals surface area contributed by atoms with Crippen LogP contribution in [-0.2, 0) is 6.42 Å². The number of nitrogens with zero attached hydrogens (tertiary/aromatic N) is 1. The summed E-state index contributed by atoms with van der Waals surface area (Å²) in [5.41, 5.74) is 6.72. The van der Waals surface area contributed by atoms with Gasteiger partial charge in [0.2, 0.25) is 0 Å². The summed E-state index contributed by atoms with van der Waals surface area (Å²) in [6.07, 6.45) is 2.13. The molecule has 1 aromatic rings. The van der Waals surface area contributed by atoms with Crippen molar-refractivity contribution in [3.63, 3.8) is 0 Å². The second-order valence-corrected chi connectivity index (χ2v) is 5.11. The second kappa shape index (κ2) is 4.84. The minimum absolute atomic E-state index is 0.397. The van der Waals surface area contributed by atoms with Crippen molar-refractivity contribution in [1.82, 2.24) is 4.98 Å². The number of aryl methyl sites for hydroxylation is 1. The van der Waals surface area contributed by atoms with E-state index in [1.165, 1.54) is 0 Å². The molecule has 0 saturated heterocycles. The molecule has 4 heteroatoms. The number of thiocarbonyl (C=S) groups is 1. The van der Waals surface area contributed by atoms with Crippen molar-refractivity contribution in [1.29, 1.82) is 0 Å². The molecule has 14 heavy (non-hydrogen) atoms. The third kappa shape index (κ3) is 2.51. The van der Waals surface area contributed by atoms with Crippen molar-refractivity contribution in [3.8, 4) is 0 Å². The molecule has 2 N–H and O–H groups in total. The summed E-state index contributed by atoms with van der Waals surface area (Å²) in [5, 5.41) is 1.15. The van der Waals surface area contributed by atoms with Crippen molar-refractivity contribution in [2.75, 3.05) is 0 Å². The summed E-state index contributed by atoms with van der Waals surface area (Å²) < 4.78 is 0. The average molecular weight is 228 g/mol. The van der Waals surface area contributed by atoms with Crippen molar-refractivity contribution in [2.45, 2.75) is 39.5 Å². The lowest BCUT2D eigenvalue weighted by atomic mass is 10.1. The Morgan fingerprint density at radius 1 is 1.57 bits per heavy atom. The van der Waals surface area contributed by atoms with Crippen LogP contribution in [-0.4, -0.2) is 9.97 Å². The van der Waals surface area contributed by atoms with E-state index in [2.05, 4.69) is 25.8 Å². The maximum atomic E-state index is 5.66. The van der Waals surface area contributed by atoms with Crippen LogP contribution in [0.2, 0.25) is 0 Å². The van der Waals surface area contributed by atoms with E-state index < -0.39 is 0 Å². The minimum atomic E-state index is 0.397. The van der Waals surface area contributed by atoms with E-state index in [9.17, 15) is 0 Å². The van der Waals surface area contributed by atoms with E-state index in [-0.39, 0.29) is 0 Å². The number of aromatic nitrogens is 1. The number of nitrogens with two attached hydrogens (primary N) is 1. The van der Waals surface area contributed by atoms with E-state index in [1.807, 2.05) is 0 Å². The number of rotatable bonds is 4. The van der Waals surface area contributed by atoms with Gasteiger partial charge in [-0.1, -0.05) is 33.0 Å². The highest BCUT2D eigenvalue weighted by Crippen LogP contribution is 2.25. The Kier molecular flexibility index (Phi) is 4.01. The van der Waals surface area contributed by atoms with E-state index >= 15 is 0 Å². The summed E-state index contributed by atoms with van der Waals surface area (Å²) in [6.45, 7) is 6.38. The molecule has 0 fully saturated rings. The minimum Gasteiger partial charge on any atom is -0.389 e. The summed E-state index contributed by atoms with van der Waals surface area (Å²) >= 11 is 6.66. The molecule has 0 atom stereocenters. The lowest BCUT2D eigenvalue weighted by Gasteiger charge is -2.02. The fourth-order valence-corrected chi connectivity index (χ4v) is 2.67. The first-order chi connectivity index (χ1) is 6.56. The molecule has 0 spiro atoms. The molecule has 0 bridgehead atoms. The first-order valence-corrected chi connectivity index (χ1v) is 6.08. The zero-order chi connectivity index (χ0) is 10.7. The summed E-state index contributed by atoms with van der Waals surface area (Å²) in [7, 11) is 0. The van der Waals surface area contributed by atoms with Crippen molar-refractivity contribution in [2.24, 2.45) is 5.73 Å². The van der Waals surface area contributed by atoms with Gasteiger partial charge in [0.25, 0.3) is 0 Å². The molecule has 0 saturated carbocycles. The van der Waals surface area contributed by atoms with Gasteiger partial charge in [-0.3, -0.25) is 0 Å². The molecular weight excluding hydrogens is 212 g/mol. The van der Waals surface area contributed by atoms with Gasteiger partial charge in [-0.15, -0.1) is 11.3 Å². The zero-order valence-corrected chi connectivity index (χ0v) is 10.5. The van der Waals surface area contributed by atoms with E-state index in [4.69, 9.17) is 18.0 Å². The van der Waals surface area contributed by atoms with E-state index in [0.717, 1.165) is 28.4 Å². The molecule has 78 valence electrons. The maximum absolute atomic E-state index is 5.66. The van der Waals surface area contributed by atoms with Gasteiger partial charge < -0.3 is 5.73 Å². The van der Waals surface area contributed by atoms with Gasteiger partial charge in [-0.25, -0.2) is 4.98 Å². The highest BCUT2D eigenvalue weighted by Gasteiger charge is 2.15. The van der Waals surface area contributed by atoms with Crippen LogP contribution in [0.4, 0.5) is 0 Å². The SMILES string of the molecule is CCCc1nc(C(C)C)c(C(N)=S)s1. The van der Waals surface area contributed by atoms with Gasteiger partial charge >= 0.3 is 0 Å². The van der Waals surface area contributed by atoms with Crippen LogP contribution < -0.4 is 5.73 Å². The summed E-state index contributed by atoms with van der Waals surface area (Å²) in [4.78, 5) is 6.05. The normalized spacial score (nSPS) is 10.9. The van der Waals surface area contributed by atoms with Crippen LogP contribution in [0.25, 0.3) is 0 Å². The van der Waals surface area contributed by atoms with Crippen LogP contribution in [0.5, 0.6) is 0 Å². The second-order valence-electron chi connectivity index (χ2n) is 3.59. The predicted molar refractivity (Wildman–Crippen MR) is 66.1 cm³/mol. The van der Waals surface area contributed by atoms with Gasteiger partial charge in [0.15, 0.2) is 0 Å². The van der Waals surface area contributed by atoms with Crippen molar-refractivity contribution in [3.05, 3.63) is 15.6 Å². The maximum Gasteiger partial charge on any atom is 0.116 e. The van der Waals surface area contributed by atoms with Crippen LogP contribution in [0.15, 0.2) is 0 Å². The van der Waals surface area contributed by atoms with E-state index in [0.29, 0.717) is 10.9 Å². The number of thiazole rings is 1. The molecule has 2 nitrogen and oxygen atoms in total. The zero-order valence-electron chi connectivity index (χ0n) is 8.83. The lowest BCUT2D eigenvalue weighted by Crippen LogP contribution is -2.10. The molecule has 0 aromatic carbocycles. The number of hydrogen-bond donors (Lipinski definition) is 1. The molecule has 0 aliphatic carbocycles. The Balaban J connectivity index is 3.06. The highest BCUT2D eigenvalue weighted by molar-refractivity contribution is 7.81. The van der Waals surface area contributed by atoms with Crippen LogP contribution >= 0.6 is 23.6 Å². The predicted octanol–water partition coefficient (Wildman–Crippen LogP) is 2.85. The summed E-state index contributed by atoms with van der Waals surface area (Å²) in [6, 6.07) is 0. The molecule has 0 aliphatic rings. The Labute approximate surface area is 94.5 Å².